The van der Waals surface area contributed by atoms with Crippen LogP contribution in [-0.2, 0) is 16.0 Å². The number of esters is 1. The SMILES string of the molecule is CCN(CC)c1ncc(N(CC)C(=O)N(C)C)c(NC(Cc2ccc(OC(=O)N3CCCC3)cc2)C(=O)OC(C)(C)C)n1. The predicted octanol–water partition coefficient (Wildman–Crippen LogP) is 4.79. The van der Waals surface area contributed by atoms with Gasteiger partial charge in [-0.25, -0.2) is 19.4 Å². The van der Waals surface area contributed by atoms with E-state index in [1.165, 1.54) is 4.90 Å². The third-order valence-electron chi connectivity index (χ3n) is 6.96. The number of aromatic nitrogens is 2. The van der Waals surface area contributed by atoms with Crippen molar-refractivity contribution < 1.29 is 23.9 Å². The van der Waals surface area contributed by atoms with E-state index in [4.69, 9.17) is 14.5 Å². The van der Waals surface area contributed by atoms with E-state index < -0.39 is 17.6 Å². The van der Waals surface area contributed by atoms with Crippen molar-refractivity contribution >= 4 is 35.5 Å². The molecule has 3 amide bonds. The van der Waals surface area contributed by atoms with Gasteiger partial charge in [0.05, 0.1) is 6.20 Å². The summed E-state index contributed by atoms with van der Waals surface area (Å²) < 4.78 is 11.3. The van der Waals surface area contributed by atoms with Gasteiger partial charge in [0.25, 0.3) is 0 Å². The average Bonchev–Trinajstić information content (AvgIpc) is 3.50. The lowest BCUT2D eigenvalue weighted by Gasteiger charge is -2.30. The zero-order chi connectivity index (χ0) is 31.7. The second kappa shape index (κ2) is 14.9. The molecule has 1 aliphatic heterocycles. The number of amides is 3. The van der Waals surface area contributed by atoms with Gasteiger partial charge < -0.3 is 29.5 Å². The second-order valence-electron chi connectivity index (χ2n) is 11.6. The first kappa shape index (κ1) is 33.4. The van der Waals surface area contributed by atoms with Crippen LogP contribution in [0.15, 0.2) is 30.5 Å². The monoisotopic (exact) mass is 597 g/mol. The third kappa shape index (κ3) is 9.20. The van der Waals surface area contributed by atoms with Crippen LogP contribution >= 0.6 is 0 Å². The highest BCUT2D eigenvalue weighted by molar-refractivity contribution is 5.95. The number of hydrogen-bond acceptors (Lipinski definition) is 9. The van der Waals surface area contributed by atoms with Crippen molar-refractivity contribution in [1.82, 2.24) is 19.8 Å². The Hall–Kier alpha value is -4.09. The molecule has 236 valence electrons. The molecule has 1 saturated heterocycles. The number of nitrogens with one attached hydrogen (secondary N) is 1. The highest BCUT2D eigenvalue weighted by atomic mass is 16.6. The Kier molecular flexibility index (Phi) is 11.6. The lowest BCUT2D eigenvalue weighted by molar-refractivity contribution is -0.155. The van der Waals surface area contributed by atoms with Crippen LogP contribution in [0.1, 0.15) is 59.9 Å². The smallest absolute Gasteiger partial charge is 0.415 e. The fraction of sp³-hybridized carbons (Fsp3) is 0.581. The normalized spacial score (nSPS) is 13.7. The molecule has 3 rings (SSSR count). The molecule has 0 spiro atoms. The van der Waals surface area contributed by atoms with Crippen molar-refractivity contribution in [2.45, 2.75) is 72.4 Å². The van der Waals surface area contributed by atoms with Gasteiger partial charge >= 0.3 is 18.1 Å². The van der Waals surface area contributed by atoms with Crippen molar-refractivity contribution in [2.75, 3.05) is 61.9 Å². The van der Waals surface area contributed by atoms with E-state index in [-0.39, 0.29) is 18.5 Å². The molecule has 43 heavy (non-hydrogen) atoms. The molecule has 1 unspecified atom stereocenters. The zero-order valence-corrected chi connectivity index (χ0v) is 26.8. The van der Waals surface area contributed by atoms with Gasteiger partial charge in [0.15, 0.2) is 5.82 Å². The van der Waals surface area contributed by atoms with E-state index in [9.17, 15) is 14.4 Å². The topological polar surface area (TPSA) is 120 Å². The summed E-state index contributed by atoms with van der Waals surface area (Å²) in [7, 11) is 3.36. The molecule has 2 aromatic rings. The highest BCUT2D eigenvalue weighted by Gasteiger charge is 2.29. The lowest BCUT2D eigenvalue weighted by Crippen LogP contribution is -2.42. The Morgan fingerprint density at radius 2 is 1.63 bits per heavy atom. The number of carbonyl (C=O) groups excluding carboxylic acids is 3. The molecule has 2 heterocycles. The minimum atomic E-state index is -0.844. The number of rotatable bonds is 11. The molecule has 1 aliphatic rings. The number of benzene rings is 1. The third-order valence-corrected chi connectivity index (χ3v) is 6.96. The first-order valence-corrected chi connectivity index (χ1v) is 15.0. The van der Waals surface area contributed by atoms with Crippen molar-refractivity contribution in [2.24, 2.45) is 0 Å². The number of carbonyl (C=O) groups is 3. The van der Waals surface area contributed by atoms with Crippen molar-refractivity contribution in [1.29, 1.82) is 0 Å². The van der Waals surface area contributed by atoms with Gasteiger partial charge in [-0.15, -0.1) is 0 Å². The van der Waals surface area contributed by atoms with Crippen LogP contribution in [0.2, 0.25) is 0 Å². The molecule has 12 nitrogen and oxygen atoms in total. The summed E-state index contributed by atoms with van der Waals surface area (Å²) in [5.74, 6) is 0.802. The highest BCUT2D eigenvalue weighted by Crippen LogP contribution is 2.28. The largest absolute Gasteiger partial charge is 0.458 e. The van der Waals surface area contributed by atoms with Gasteiger partial charge in [0, 0.05) is 53.2 Å². The summed E-state index contributed by atoms with van der Waals surface area (Å²) >= 11 is 0. The van der Waals surface area contributed by atoms with Crippen LogP contribution in [0.5, 0.6) is 5.75 Å². The maximum Gasteiger partial charge on any atom is 0.415 e. The van der Waals surface area contributed by atoms with Crippen molar-refractivity contribution in [3.05, 3.63) is 36.0 Å². The Morgan fingerprint density at radius 3 is 2.16 bits per heavy atom. The van der Waals surface area contributed by atoms with Crippen LogP contribution < -0.4 is 19.9 Å². The summed E-state index contributed by atoms with van der Waals surface area (Å²) in [6.45, 7) is 14.5. The molecule has 0 bridgehead atoms. The number of urea groups is 1. The predicted molar refractivity (Wildman–Crippen MR) is 168 cm³/mol. The van der Waals surface area contributed by atoms with E-state index in [0.717, 1.165) is 18.4 Å². The van der Waals surface area contributed by atoms with E-state index in [0.29, 0.717) is 55.9 Å². The maximum absolute atomic E-state index is 13.5. The summed E-state index contributed by atoms with van der Waals surface area (Å²) in [5, 5.41) is 3.30. The summed E-state index contributed by atoms with van der Waals surface area (Å²) in [6.07, 6.45) is 3.48. The molecule has 1 aromatic heterocycles. The van der Waals surface area contributed by atoms with Crippen LogP contribution in [0.25, 0.3) is 0 Å². The molecule has 1 fully saturated rings. The van der Waals surface area contributed by atoms with Crippen molar-refractivity contribution in [3.63, 3.8) is 0 Å². The molecule has 0 radical (unpaired) electrons. The molecule has 1 N–H and O–H groups in total. The fourth-order valence-corrected chi connectivity index (χ4v) is 4.70. The average molecular weight is 598 g/mol. The van der Waals surface area contributed by atoms with Gasteiger partial charge in [-0.3, -0.25) is 4.90 Å². The van der Waals surface area contributed by atoms with Crippen LogP contribution in [0.3, 0.4) is 0 Å². The standard InChI is InChI=1S/C31H47N7O5/c1-9-36(10-2)28-32-21-25(38(11-3)29(40)35(7)8)26(34-28)33-24(27(39)43-31(4,5)6)20-22-14-16-23(17-15-22)42-30(41)37-18-12-13-19-37/h14-17,21,24H,9-13,18-20H2,1-8H3,(H,32,33,34). The van der Waals surface area contributed by atoms with E-state index >= 15 is 0 Å². The molecule has 1 aromatic carbocycles. The fourth-order valence-electron chi connectivity index (χ4n) is 4.70. The van der Waals surface area contributed by atoms with E-state index in [2.05, 4.69) is 10.3 Å². The lowest BCUT2D eigenvalue weighted by atomic mass is 10.0. The molecule has 1 atom stereocenters. The van der Waals surface area contributed by atoms with Crippen LogP contribution in [-0.4, -0.2) is 96.3 Å². The molecule has 0 aliphatic carbocycles. The first-order chi connectivity index (χ1) is 20.4. The summed E-state index contributed by atoms with van der Waals surface area (Å²) in [4.78, 5) is 55.1. The van der Waals surface area contributed by atoms with Gasteiger partial charge in [-0.05, 0) is 72.1 Å². The molecular formula is C31H47N7O5. The van der Waals surface area contributed by atoms with Gasteiger partial charge in [-0.1, -0.05) is 12.1 Å². The summed E-state index contributed by atoms with van der Waals surface area (Å²) in [5.41, 5.74) is 0.553. The number of ether oxygens (including phenoxy) is 2. The Bertz CT molecular complexity index is 1240. The molecule has 0 saturated carbocycles. The van der Waals surface area contributed by atoms with Crippen LogP contribution in [0, 0.1) is 0 Å². The van der Waals surface area contributed by atoms with Crippen LogP contribution in [0.4, 0.5) is 27.0 Å². The van der Waals surface area contributed by atoms with Crippen molar-refractivity contribution in [3.8, 4) is 5.75 Å². The van der Waals surface area contributed by atoms with E-state index in [1.54, 1.807) is 42.2 Å². The number of likely N-dealkylation sites (tertiary alicyclic amines) is 1. The minimum absolute atomic E-state index is 0.238. The second-order valence-corrected chi connectivity index (χ2v) is 11.6. The van der Waals surface area contributed by atoms with E-state index in [1.807, 2.05) is 58.6 Å². The van der Waals surface area contributed by atoms with Gasteiger partial charge in [0.2, 0.25) is 5.95 Å². The van der Waals surface area contributed by atoms with Gasteiger partial charge in [-0.2, -0.15) is 4.98 Å². The first-order valence-electron chi connectivity index (χ1n) is 15.0. The zero-order valence-electron chi connectivity index (χ0n) is 26.8. The molecule has 12 heteroatoms. The Labute approximate surface area is 255 Å². The molecular weight excluding hydrogens is 550 g/mol. The maximum atomic E-state index is 13.5. The number of nitrogens with zero attached hydrogens (tertiary/aromatic N) is 6. The number of hydrogen-bond donors (Lipinski definition) is 1. The number of anilines is 3. The summed E-state index contributed by atoms with van der Waals surface area (Å²) in [6, 6.07) is 6.00. The quantitative estimate of drug-likeness (QED) is 0.365. The Balaban J connectivity index is 1.95. The minimum Gasteiger partial charge on any atom is -0.458 e. The Morgan fingerprint density at radius 1 is 1.00 bits per heavy atom. The van der Waals surface area contributed by atoms with Gasteiger partial charge in [0.1, 0.15) is 23.1 Å².